The van der Waals surface area contributed by atoms with E-state index in [1.807, 2.05) is 6.92 Å². The molecule has 1 aliphatic heterocycles. The Kier molecular flexibility index (Phi) is 4.37. The fourth-order valence-electron chi connectivity index (χ4n) is 2.49. The topological polar surface area (TPSA) is 63.5 Å². The third kappa shape index (κ3) is 2.67. The number of rotatable bonds is 3. The van der Waals surface area contributed by atoms with Gasteiger partial charge < -0.3 is 4.90 Å². The van der Waals surface area contributed by atoms with Gasteiger partial charge in [-0.2, -0.15) is 0 Å². The van der Waals surface area contributed by atoms with E-state index in [2.05, 4.69) is 15.9 Å². The first-order valence-electron chi connectivity index (χ1n) is 6.26. The number of likely N-dealkylation sites (tertiary alicyclic amines) is 1. The molecule has 0 spiro atoms. The van der Waals surface area contributed by atoms with Crippen molar-refractivity contribution in [2.75, 3.05) is 11.9 Å². The Hall–Kier alpha value is -1.50. The Morgan fingerprint density at radius 3 is 2.90 bits per heavy atom. The highest BCUT2D eigenvalue weighted by molar-refractivity contribution is 9.09. The minimum Gasteiger partial charge on any atom is -0.334 e. The van der Waals surface area contributed by atoms with Crippen molar-refractivity contribution < 1.29 is 14.1 Å². The zero-order chi connectivity index (χ0) is 14.9. The number of carbonyl (C=O) groups is 1. The summed E-state index contributed by atoms with van der Waals surface area (Å²) < 4.78 is 13.3. The summed E-state index contributed by atoms with van der Waals surface area (Å²) in [6.45, 7) is 2.56. The summed E-state index contributed by atoms with van der Waals surface area (Å²) in [5.41, 5.74) is -0.542. The first-order chi connectivity index (χ1) is 9.45. The maximum atomic E-state index is 13.3. The Morgan fingerprint density at radius 1 is 1.60 bits per heavy atom. The number of benzene rings is 1. The summed E-state index contributed by atoms with van der Waals surface area (Å²) in [4.78, 5) is 24.4. The molecular formula is C13H14BrFN2O3. The molecule has 2 rings (SSSR count). The van der Waals surface area contributed by atoms with Gasteiger partial charge in [0.05, 0.1) is 4.92 Å². The first kappa shape index (κ1) is 14.9. The summed E-state index contributed by atoms with van der Waals surface area (Å²) in [5.74, 6) is -0.822. The van der Waals surface area contributed by atoms with E-state index in [4.69, 9.17) is 0 Å². The van der Waals surface area contributed by atoms with Gasteiger partial charge in [0.15, 0.2) is 0 Å². The summed E-state index contributed by atoms with van der Waals surface area (Å²) in [7, 11) is 0. The molecule has 0 bridgehead atoms. The molecule has 20 heavy (non-hydrogen) atoms. The van der Waals surface area contributed by atoms with E-state index >= 15 is 0 Å². The van der Waals surface area contributed by atoms with Crippen LogP contribution in [0.3, 0.4) is 0 Å². The van der Waals surface area contributed by atoms with Crippen molar-refractivity contribution in [2.24, 2.45) is 5.92 Å². The van der Waals surface area contributed by atoms with Crippen LogP contribution in [0.5, 0.6) is 0 Å². The molecule has 0 N–H and O–H groups in total. The van der Waals surface area contributed by atoms with E-state index in [-0.39, 0.29) is 17.3 Å². The number of hydrogen-bond donors (Lipinski definition) is 0. The summed E-state index contributed by atoms with van der Waals surface area (Å²) in [5, 5.41) is 11.6. The zero-order valence-corrected chi connectivity index (χ0v) is 12.5. The average molecular weight is 345 g/mol. The van der Waals surface area contributed by atoms with Gasteiger partial charge in [-0.15, -0.1) is 0 Å². The Balaban J connectivity index is 2.38. The molecule has 1 aromatic carbocycles. The molecule has 0 radical (unpaired) electrons. The van der Waals surface area contributed by atoms with Crippen molar-refractivity contribution in [3.05, 3.63) is 39.7 Å². The zero-order valence-electron chi connectivity index (χ0n) is 10.9. The number of nitro groups is 1. The highest BCUT2D eigenvalue weighted by atomic mass is 79.9. The number of amides is 1. The third-order valence-corrected chi connectivity index (χ3v) is 4.35. The lowest BCUT2D eigenvalue weighted by atomic mass is 10.0. The van der Waals surface area contributed by atoms with Crippen LogP contribution in [-0.2, 0) is 0 Å². The Morgan fingerprint density at radius 2 is 2.30 bits per heavy atom. The monoisotopic (exact) mass is 344 g/mol. The van der Waals surface area contributed by atoms with E-state index in [0.717, 1.165) is 24.6 Å². The maximum absolute atomic E-state index is 13.3. The van der Waals surface area contributed by atoms with Crippen LogP contribution < -0.4 is 0 Å². The molecule has 1 fully saturated rings. The molecule has 1 aliphatic rings. The lowest BCUT2D eigenvalue weighted by Gasteiger charge is -2.25. The van der Waals surface area contributed by atoms with Gasteiger partial charge >= 0.3 is 0 Å². The largest absolute Gasteiger partial charge is 0.334 e. The quantitative estimate of drug-likeness (QED) is 0.481. The van der Waals surface area contributed by atoms with Crippen LogP contribution in [0.4, 0.5) is 10.1 Å². The van der Waals surface area contributed by atoms with Crippen LogP contribution in [0, 0.1) is 21.8 Å². The standard InChI is InChI=1S/C13H14BrFN2O3/c1-8-4-5-16(12(8)7-14)13(18)10-6-9(15)2-3-11(10)17(19)20/h2-3,6,8,12H,4-5,7H2,1H3. The van der Waals surface area contributed by atoms with Gasteiger partial charge in [0.1, 0.15) is 11.4 Å². The van der Waals surface area contributed by atoms with E-state index in [9.17, 15) is 19.3 Å². The molecule has 5 nitrogen and oxygen atoms in total. The molecule has 7 heteroatoms. The lowest BCUT2D eigenvalue weighted by Crippen LogP contribution is -2.38. The second-order valence-corrected chi connectivity index (χ2v) is 5.55. The van der Waals surface area contributed by atoms with E-state index < -0.39 is 16.6 Å². The van der Waals surface area contributed by atoms with Crippen molar-refractivity contribution in [2.45, 2.75) is 19.4 Å². The second kappa shape index (κ2) is 5.87. The van der Waals surface area contributed by atoms with Crippen molar-refractivity contribution in [1.29, 1.82) is 0 Å². The van der Waals surface area contributed by atoms with Gasteiger partial charge in [0.25, 0.3) is 11.6 Å². The SMILES string of the molecule is CC1CCN(C(=O)c2cc(F)ccc2[N+](=O)[O-])C1CBr. The molecule has 1 saturated heterocycles. The summed E-state index contributed by atoms with van der Waals surface area (Å²) >= 11 is 3.36. The molecule has 2 atom stereocenters. The van der Waals surface area contributed by atoms with Crippen LogP contribution in [0.2, 0.25) is 0 Å². The number of nitro benzene ring substituents is 1. The summed E-state index contributed by atoms with van der Waals surface area (Å²) in [6.07, 6.45) is 0.838. The molecule has 1 heterocycles. The molecule has 2 unspecified atom stereocenters. The van der Waals surface area contributed by atoms with E-state index in [0.29, 0.717) is 17.8 Å². The molecule has 108 valence electrons. The predicted octanol–water partition coefficient (Wildman–Crippen LogP) is 2.98. The molecule has 1 amide bonds. The van der Waals surface area contributed by atoms with Crippen LogP contribution in [-0.4, -0.2) is 33.6 Å². The minimum absolute atomic E-state index is 0.0228. The van der Waals surface area contributed by atoms with Crippen LogP contribution in [0.15, 0.2) is 18.2 Å². The van der Waals surface area contributed by atoms with Gasteiger partial charge in [-0.25, -0.2) is 4.39 Å². The van der Waals surface area contributed by atoms with Crippen molar-refractivity contribution >= 4 is 27.5 Å². The predicted molar refractivity (Wildman–Crippen MR) is 75.5 cm³/mol. The average Bonchev–Trinajstić information content (AvgIpc) is 2.78. The van der Waals surface area contributed by atoms with Gasteiger partial charge in [-0.05, 0) is 24.5 Å². The van der Waals surface area contributed by atoms with Crippen LogP contribution >= 0.6 is 15.9 Å². The van der Waals surface area contributed by atoms with Crippen molar-refractivity contribution in [1.82, 2.24) is 4.90 Å². The van der Waals surface area contributed by atoms with Gasteiger partial charge in [0, 0.05) is 24.0 Å². The highest BCUT2D eigenvalue weighted by Gasteiger charge is 2.36. The number of halogens is 2. The van der Waals surface area contributed by atoms with E-state index in [1.54, 1.807) is 4.90 Å². The minimum atomic E-state index is -0.657. The second-order valence-electron chi connectivity index (χ2n) is 4.90. The maximum Gasteiger partial charge on any atom is 0.282 e. The number of alkyl halides is 1. The third-order valence-electron chi connectivity index (χ3n) is 3.69. The molecule has 0 saturated carbocycles. The van der Waals surface area contributed by atoms with Crippen LogP contribution in [0.25, 0.3) is 0 Å². The number of nitrogens with zero attached hydrogens (tertiary/aromatic N) is 2. The summed E-state index contributed by atoms with van der Waals surface area (Å²) in [6, 6.07) is 2.94. The molecule has 0 aromatic heterocycles. The molecule has 0 aliphatic carbocycles. The highest BCUT2D eigenvalue weighted by Crippen LogP contribution is 2.29. The van der Waals surface area contributed by atoms with Crippen molar-refractivity contribution in [3.63, 3.8) is 0 Å². The Labute approximate surface area is 124 Å². The lowest BCUT2D eigenvalue weighted by molar-refractivity contribution is -0.385. The van der Waals surface area contributed by atoms with Crippen LogP contribution in [0.1, 0.15) is 23.7 Å². The van der Waals surface area contributed by atoms with E-state index in [1.165, 1.54) is 0 Å². The van der Waals surface area contributed by atoms with Crippen molar-refractivity contribution in [3.8, 4) is 0 Å². The molecule has 1 aromatic rings. The normalized spacial score (nSPS) is 22.1. The Bertz CT molecular complexity index is 552. The fraction of sp³-hybridized carbons (Fsp3) is 0.462. The smallest absolute Gasteiger partial charge is 0.282 e. The first-order valence-corrected chi connectivity index (χ1v) is 7.38. The van der Waals surface area contributed by atoms with Gasteiger partial charge in [-0.1, -0.05) is 22.9 Å². The van der Waals surface area contributed by atoms with Gasteiger partial charge in [0.2, 0.25) is 0 Å². The number of hydrogen-bond acceptors (Lipinski definition) is 3. The van der Waals surface area contributed by atoms with Gasteiger partial charge in [-0.3, -0.25) is 14.9 Å². The fourth-order valence-corrected chi connectivity index (χ4v) is 3.48. The number of carbonyl (C=O) groups excluding carboxylic acids is 1. The molecular weight excluding hydrogens is 331 g/mol.